The van der Waals surface area contributed by atoms with Gasteiger partial charge in [0, 0.05) is 26.2 Å². The van der Waals surface area contributed by atoms with Gasteiger partial charge in [-0.2, -0.15) is 0 Å². The molecule has 1 N–H and O–H groups in total. The first kappa shape index (κ1) is 13.8. The van der Waals surface area contributed by atoms with Gasteiger partial charge in [0.1, 0.15) is 6.04 Å². The minimum absolute atomic E-state index is 0.292. The summed E-state index contributed by atoms with van der Waals surface area (Å²) in [5.74, 6) is -0.0546. The van der Waals surface area contributed by atoms with Crippen LogP contribution in [0.2, 0.25) is 0 Å². The fourth-order valence-corrected chi connectivity index (χ4v) is 3.03. The van der Waals surface area contributed by atoms with E-state index in [2.05, 4.69) is 9.80 Å². The number of ether oxygens (including phenoxy) is 1. The van der Waals surface area contributed by atoms with E-state index >= 15 is 0 Å². The molecule has 0 aromatic heterocycles. The van der Waals surface area contributed by atoms with Crippen LogP contribution in [0.1, 0.15) is 19.8 Å². The highest BCUT2D eigenvalue weighted by Crippen LogP contribution is 2.21. The van der Waals surface area contributed by atoms with Crippen LogP contribution in [-0.2, 0) is 9.53 Å². The van der Waals surface area contributed by atoms with E-state index in [-0.39, 0.29) is 6.04 Å². The van der Waals surface area contributed by atoms with Crippen LogP contribution in [0, 0.1) is 5.92 Å². The van der Waals surface area contributed by atoms with Gasteiger partial charge in [-0.25, -0.2) is 0 Å². The molecule has 0 saturated carbocycles. The molecule has 2 heterocycles. The number of nitrogens with zero attached hydrogens (tertiary/aromatic N) is 2. The summed E-state index contributed by atoms with van der Waals surface area (Å²) in [7, 11) is 0. The molecular weight excluding hydrogens is 232 g/mol. The molecule has 18 heavy (non-hydrogen) atoms. The van der Waals surface area contributed by atoms with Crippen molar-refractivity contribution in [2.45, 2.75) is 25.8 Å². The second-order valence-corrected chi connectivity index (χ2v) is 5.32. The van der Waals surface area contributed by atoms with E-state index in [4.69, 9.17) is 4.74 Å². The van der Waals surface area contributed by atoms with E-state index in [0.717, 1.165) is 52.4 Å². The maximum Gasteiger partial charge on any atom is 0.320 e. The second kappa shape index (κ2) is 6.50. The van der Waals surface area contributed by atoms with Crippen LogP contribution in [0.4, 0.5) is 0 Å². The van der Waals surface area contributed by atoms with Crippen LogP contribution in [-0.4, -0.2) is 72.9 Å². The first-order valence-corrected chi connectivity index (χ1v) is 6.97. The van der Waals surface area contributed by atoms with Gasteiger partial charge in [-0.3, -0.25) is 14.6 Å². The molecule has 2 saturated heterocycles. The van der Waals surface area contributed by atoms with Gasteiger partial charge in [-0.1, -0.05) is 6.92 Å². The van der Waals surface area contributed by atoms with Gasteiger partial charge in [0.25, 0.3) is 0 Å². The number of carbonyl (C=O) groups is 1. The molecule has 5 nitrogen and oxygen atoms in total. The van der Waals surface area contributed by atoms with Crippen molar-refractivity contribution in [2.75, 3.05) is 45.9 Å². The quantitative estimate of drug-likeness (QED) is 0.776. The van der Waals surface area contributed by atoms with Crippen molar-refractivity contribution < 1.29 is 14.6 Å². The Morgan fingerprint density at radius 3 is 2.72 bits per heavy atom. The van der Waals surface area contributed by atoms with E-state index in [1.54, 1.807) is 0 Å². The average Bonchev–Trinajstić information content (AvgIpc) is 2.79. The van der Waals surface area contributed by atoms with Crippen LogP contribution in [0.15, 0.2) is 0 Å². The molecule has 2 fully saturated rings. The largest absolute Gasteiger partial charge is 0.480 e. The van der Waals surface area contributed by atoms with Crippen LogP contribution in [0.25, 0.3) is 0 Å². The van der Waals surface area contributed by atoms with Gasteiger partial charge < -0.3 is 9.84 Å². The van der Waals surface area contributed by atoms with Gasteiger partial charge in [-0.15, -0.1) is 0 Å². The zero-order valence-electron chi connectivity index (χ0n) is 11.2. The Bertz CT molecular complexity index is 279. The molecule has 2 aliphatic rings. The zero-order valence-corrected chi connectivity index (χ0v) is 11.2. The van der Waals surface area contributed by atoms with Crippen molar-refractivity contribution in [3.05, 3.63) is 0 Å². The summed E-state index contributed by atoms with van der Waals surface area (Å²) in [5, 5.41) is 9.17. The molecule has 2 atom stereocenters. The van der Waals surface area contributed by atoms with Crippen molar-refractivity contribution in [3.8, 4) is 0 Å². The Morgan fingerprint density at radius 2 is 2.11 bits per heavy atom. The lowest BCUT2D eigenvalue weighted by atomic mass is 10.1. The minimum atomic E-state index is -0.676. The zero-order chi connectivity index (χ0) is 13.0. The highest BCUT2D eigenvalue weighted by Gasteiger charge is 2.32. The number of hydrogen-bond donors (Lipinski definition) is 1. The number of aliphatic carboxylic acids is 1. The number of rotatable bonds is 5. The number of likely N-dealkylation sites (tertiary alicyclic amines) is 1. The van der Waals surface area contributed by atoms with E-state index in [1.165, 1.54) is 0 Å². The topological polar surface area (TPSA) is 53.0 Å². The summed E-state index contributed by atoms with van der Waals surface area (Å²) in [4.78, 5) is 15.7. The molecule has 2 rings (SSSR count). The molecule has 0 bridgehead atoms. The molecule has 2 aliphatic heterocycles. The van der Waals surface area contributed by atoms with Gasteiger partial charge in [0.05, 0.1) is 13.2 Å². The van der Waals surface area contributed by atoms with Crippen LogP contribution >= 0.6 is 0 Å². The maximum atomic E-state index is 11.1. The lowest BCUT2D eigenvalue weighted by molar-refractivity contribution is -0.143. The Hall–Kier alpha value is -0.650. The summed E-state index contributed by atoms with van der Waals surface area (Å²) >= 11 is 0. The summed E-state index contributed by atoms with van der Waals surface area (Å²) in [6, 6.07) is -0.292. The minimum Gasteiger partial charge on any atom is -0.480 e. The summed E-state index contributed by atoms with van der Waals surface area (Å²) in [5.41, 5.74) is 0. The third kappa shape index (κ3) is 3.43. The number of carboxylic acids is 1. The average molecular weight is 256 g/mol. The van der Waals surface area contributed by atoms with Gasteiger partial charge in [0.15, 0.2) is 0 Å². The van der Waals surface area contributed by atoms with Gasteiger partial charge >= 0.3 is 5.97 Å². The molecular formula is C13H24N2O3. The molecule has 0 aromatic carbocycles. The van der Waals surface area contributed by atoms with E-state index in [0.29, 0.717) is 12.3 Å². The third-order valence-electron chi connectivity index (χ3n) is 4.05. The molecule has 0 amide bonds. The fraction of sp³-hybridized carbons (Fsp3) is 0.923. The highest BCUT2D eigenvalue weighted by molar-refractivity contribution is 5.73. The van der Waals surface area contributed by atoms with Crippen molar-refractivity contribution in [3.63, 3.8) is 0 Å². The Balaban J connectivity index is 1.78. The number of hydrogen-bond acceptors (Lipinski definition) is 4. The first-order chi connectivity index (χ1) is 8.70. The summed E-state index contributed by atoms with van der Waals surface area (Å²) in [6.45, 7) is 8.62. The molecule has 0 spiro atoms. The smallest absolute Gasteiger partial charge is 0.320 e. The van der Waals surface area contributed by atoms with Crippen LogP contribution < -0.4 is 0 Å². The molecule has 0 radical (unpaired) electrons. The predicted molar refractivity (Wildman–Crippen MR) is 68.7 cm³/mol. The first-order valence-electron chi connectivity index (χ1n) is 6.97. The van der Waals surface area contributed by atoms with Gasteiger partial charge in [-0.05, 0) is 25.3 Å². The van der Waals surface area contributed by atoms with Crippen molar-refractivity contribution >= 4 is 5.97 Å². The lowest BCUT2D eigenvalue weighted by Gasteiger charge is -2.29. The van der Waals surface area contributed by atoms with Crippen LogP contribution in [0.3, 0.4) is 0 Å². The molecule has 0 aliphatic carbocycles. The Kier molecular flexibility index (Phi) is 4.97. The third-order valence-corrected chi connectivity index (χ3v) is 4.05. The van der Waals surface area contributed by atoms with E-state index < -0.39 is 5.97 Å². The second-order valence-electron chi connectivity index (χ2n) is 5.32. The highest BCUT2D eigenvalue weighted by atomic mass is 16.5. The number of morpholine rings is 1. The molecule has 104 valence electrons. The maximum absolute atomic E-state index is 11.1. The predicted octanol–water partition coefficient (Wildman–Crippen LogP) is 0.504. The SMILES string of the molecule is CCC(C(=O)O)N1CCC(CN2CCOCC2)C1. The van der Waals surface area contributed by atoms with Crippen molar-refractivity contribution in [1.29, 1.82) is 0 Å². The fourth-order valence-electron chi connectivity index (χ4n) is 3.03. The van der Waals surface area contributed by atoms with Crippen molar-refractivity contribution in [2.24, 2.45) is 5.92 Å². The summed E-state index contributed by atoms with van der Waals surface area (Å²) < 4.78 is 5.34. The lowest BCUT2D eigenvalue weighted by Crippen LogP contribution is -2.42. The Morgan fingerprint density at radius 1 is 1.39 bits per heavy atom. The standard InChI is InChI=1S/C13H24N2O3/c1-2-12(13(16)17)15-4-3-11(10-15)9-14-5-7-18-8-6-14/h11-12H,2-10H2,1H3,(H,16,17). The monoisotopic (exact) mass is 256 g/mol. The van der Waals surface area contributed by atoms with E-state index in [1.807, 2.05) is 6.92 Å². The summed E-state index contributed by atoms with van der Waals surface area (Å²) in [6.07, 6.45) is 1.82. The van der Waals surface area contributed by atoms with Gasteiger partial charge in [0.2, 0.25) is 0 Å². The number of carboxylic acid groups (broad SMARTS) is 1. The molecule has 5 heteroatoms. The normalized spacial score (nSPS) is 28.4. The van der Waals surface area contributed by atoms with E-state index in [9.17, 15) is 9.90 Å². The molecule has 2 unspecified atom stereocenters. The van der Waals surface area contributed by atoms with Crippen molar-refractivity contribution in [1.82, 2.24) is 9.80 Å². The van der Waals surface area contributed by atoms with Crippen LogP contribution in [0.5, 0.6) is 0 Å². The molecule has 0 aromatic rings. The Labute approximate surface area is 109 Å².